The van der Waals surface area contributed by atoms with E-state index < -0.39 is 0 Å². The molecule has 0 radical (unpaired) electrons. The minimum Gasteiger partial charge on any atom is -0.466 e. The van der Waals surface area contributed by atoms with Crippen molar-refractivity contribution in [1.82, 2.24) is 4.90 Å². The standard InChI is InChI=1S/C14H27NO2/c1-4-15(5-2)14(10-8-7-9-11-14)12-13(16)17-6-3/h4-12H2,1-3H3. The zero-order chi connectivity index (χ0) is 12.7. The maximum absolute atomic E-state index is 11.8. The van der Waals surface area contributed by atoms with Crippen LogP contribution in [0.15, 0.2) is 0 Å². The molecule has 100 valence electrons. The maximum Gasteiger partial charge on any atom is 0.307 e. The predicted molar refractivity (Wildman–Crippen MR) is 70.0 cm³/mol. The summed E-state index contributed by atoms with van der Waals surface area (Å²) in [6.07, 6.45) is 6.67. The fourth-order valence-corrected chi connectivity index (χ4v) is 3.19. The Hall–Kier alpha value is -0.570. The first-order valence-corrected chi connectivity index (χ1v) is 7.09. The first-order valence-electron chi connectivity index (χ1n) is 7.09. The summed E-state index contributed by atoms with van der Waals surface area (Å²) in [6, 6.07) is 0. The third-order valence-electron chi connectivity index (χ3n) is 4.00. The lowest BCUT2D eigenvalue weighted by Gasteiger charge is -2.45. The molecule has 0 atom stereocenters. The van der Waals surface area contributed by atoms with E-state index in [-0.39, 0.29) is 11.5 Å². The largest absolute Gasteiger partial charge is 0.466 e. The summed E-state index contributed by atoms with van der Waals surface area (Å²) in [4.78, 5) is 14.3. The number of carbonyl (C=O) groups is 1. The summed E-state index contributed by atoms with van der Waals surface area (Å²) in [5.41, 5.74) is 0.0774. The van der Waals surface area contributed by atoms with E-state index in [0.717, 1.165) is 25.9 Å². The van der Waals surface area contributed by atoms with Crippen molar-refractivity contribution < 1.29 is 9.53 Å². The zero-order valence-corrected chi connectivity index (χ0v) is 11.6. The van der Waals surface area contributed by atoms with Crippen LogP contribution in [0, 0.1) is 0 Å². The fourth-order valence-electron chi connectivity index (χ4n) is 3.19. The lowest BCUT2D eigenvalue weighted by Crippen LogP contribution is -2.51. The van der Waals surface area contributed by atoms with Gasteiger partial charge < -0.3 is 4.74 Å². The van der Waals surface area contributed by atoms with Crippen LogP contribution in [-0.2, 0) is 9.53 Å². The molecule has 0 amide bonds. The molecule has 1 rings (SSSR count). The average molecular weight is 241 g/mol. The molecular formula is C14H27NO2. The van der Waals surface area contributed by atoms with Gasteiger partial charge >= 0.3 is 5.97 Å². The topological polar surface area (TPSA) is 29.5 Å². The summed E-state index contributed by atoms with van der Waals surface area (Å²) in [5, 5.41) is 0. The van der Waals surface area contributed by atoms with Crippen LogP contribution < -0.4 is 0 Å². The molecule has 17 heavy (non-hydrogen) atoms. The molecule has 1 saturated carbocycles. The van der Waals surface area contributed by atoms with Crippen molar-refractivity contribution in [2.24, 2.45) is 0 Å². The molecule has 0 unspecified atom stereocenters. The molecule has 0 aliphatic heterocycles. The van der Waals surface area contributed by atoms with E-state index in [9.17, 15) is 4.79 Å². The van der Waals surface area contributed by atoms with Gasteiger partial charge in [0.05, 0.1) is 13.0 Å². The molecular weight excluding hydrogens is 214 g/mol. The van der Waals surface area contributed by atoms with Crippen molar-refractivity contribution >= 4 is 5.97 Å². The molecule has 0 bridgehead atoms. The summed E-state index contributed by atoms with van der Waals surface area (Å²) in [7, 11) is 0. The number of hydrogen-bond acceptors (Lipinski definition) is 3. The SMILES string of the molecule is CCOC(=O)CC1(N(CC)CC)CCCCC1. The van der Waals surface area contributed by atoms with Crippen LogP contribution in [0.3, 0.4) is 0 Å². The van der Waals surface area contributed by atoms with E-state index in [1.165, 1.54) is 19.3 Å². The number of esters is 1. The molecule has 1 fully saturated rings. The van der Waals surface area contributed by atoms with Crippen LogP contribution in [0.4, 0.5) is 0 Å². The van der Waals surface area contributed by atoms with Gasteiger partial charge in [-0.15, -0.1) is 0 Å². The highest BCUT2D eigenvalue weighted by atomic mass is 16.5. The molecule has 0 heterocycles. The summed E-state index contributed by atoms with van der Waals surface area (Å²) in [5.74, 6) is -0.0266. The van der Waals surface area contributed by atoms with Gasteiger partial charge in [0.25, 0.3) is 0 Å². The van der Waals surface area contributed by atoms with E-state index in [1.54, 1.807) is 0 Å². The smallest absolute Gasteiger partial charge is 0.307 e. The molecule has 0 spiro atoms. The Balaban J connectivity index is 2.73. The van der Waals surface area contributed by atoms with E-state index in [1.807, 2.05) is 6.92 Å². The van der Waals surface area contributed by atoms with Crippen LogP contribution in [0.1, 0.15) is 59.3 Å². The van der Waals surface area contributed by atoms with Crippen LogP contribution in [0.2, 0.25) is 0 Å². The number of hydrogen-bond donors (Lipinski definition) is 0. The van der Waals surface area contributed by atoms with Gasteiger partial charge in [-0.05, 0) is 32.9 Å². The van der Waals surface area contributed by atoms with Gasteiger partial charge in [-0.2, -0.15) is 0 Å². The molecule has 0 N–H and O–H groups in total. The van der Waals surface area contributed by atoms with Gasteiger partial charge in [0.2, 0.25) is 0 Å². The van der Waals surface area contributed by atoms with Crippen LogP contribution in [0.5, 0.6) is 0 Å². The maximum atomic E-state index is 11.8. The Morgan fingerprint density at radius 1 is 1.12 bits per heavy atom. The quantitative estimate of drug-likeness (QED) is 0.670. The second-order valence-electron chi connectivity index (χ2n) is 4.94. The zero-order valence-electron chi connectivity index (χ0n) is 11.6. The molecule has 0 aromatic rings. The van der Waals surface area contributed by atoms with Crippen molar-refractivity contribution in [2.75, 3.05) is 19.7 Å². The second-order valence-corrected chi connectivity index (χ2v) is 4.94. The third-order valence-corrected chi connectivity index (χ3v) is 4.00. The summed E-state index contributed by atoms with van der Waals surface area (Å²) < 4.78 is 5.14. The minimum absolute atomic E-state index is 0.0266. The molecule has 3 nitrogen and oxygen atoms in total. The number of nitrogens with zero attached hydrogens (tertiary/aromatic N) is 1. The molecule has 1 aliphatic carbocycles. The molecule has 1 aliphatic rings. The highest BCUT2D eigenvalue weighted by Gasteiger charge is 2.38. The Kier molecular flexibility index (Phi) is 5.96. The molecule has 0 saturated heterocycles. The van der Waals surface area contributed by atoms with E-state index in [4.69, 9.17) is 4.74 Å². The van der Waals surface area contributed by atoms with Crippen molar-refractivity contribution in [3.05, 3.63) is 0 Å². The first kappa shape index (κ1) is 14.5. The lowest BCUT2D eigenvalue weighted by molar-refractivity contribution is -0.147. The van der Waals surface area contributed by atoms with Gasteiger partial charge in [0.15, 0.2) is 0 Å². The fraction of sp³-hybridized carbons (Fsp3) is 0.929. The van der Waals surface area contributed by atoms with E-state index >= 15 is 0 Å². The van der Waals surface area contributed by atoms with Crippen molar-refractivity contribution in [2.45, 2.75) is 64.8 Å². The minimum atomic E-state index is -0.0266. The second kappa shape index (κ2) is 7.00. The van der Waals surface area contributed by atoms with Gasteiger partial charge in [-0.25, -0.2) is 0 Å². The third kappa shape index (κ3) is 3.70. The van der Waals surface area contributed by atoms with Crippen LogP contribution in [0.25, 0.3) is 0 Å². The Morgan fingerprint density at radius 3 is 2.18 bits per heavy atom. The number of rotatable bonds is 6. The molecule has 3 heteroatoms. The summed E-state index contributed by atoms with van der Waals surface area (Å²) >= 11 is 0. The first-order chi connectivity index (χ1) is 8.18. The highest BCUT2D eigenvalue weighted by molar-refractivity contribution is 5.71. The van der Waals surface area contributed by atoms with Crippen molar-refractivity contribution in [3.63, 3.8) is 0 Å². The number of ether oxygens (including phenoxy) is 1. The normalized spacial score (nSPS) is 19.3. The van der Waals surface area contributed by atoms with Gasteiger partial charge in [-0.1, -0.05) is 33.1 Å². The summed E-state index contributed by atoms with van der Waals surface area (Å²) in [6.45, 7) is 8.79. The monoisotopic (exact) mass is 241 g/mol. The van der Waals surface area contributed by atoms with E-state index in [0.29, 0.717) is 13.0 Å². The highest BCUT2D eigenvalue weighted by Crippen LogP contribution is 2.36. The Morgan fingerprint density at radius 2 is 1.71 bits per heavy atom. The molecule has 0 aromatic heterocycles. The average Bonchev–Trinajstić information content (AvgIpc) is 2.31. The lowest BCUT2D eigenvalue weighted by atomic mass is 9.77. The van der Waals surface area contributed by atoms with E-state index in [2.05, 4.69) is 18.7 Å². The Bertz CT molecular complexity index is 230. The van der Waals surface area contributed by atoms with Crippen LogP contribution in [-0.4, -0.2) is 36.1 Å². The van der Waals surface area contributed by atoms with Gasteiger partial charge in [0, 0.05) is 5.54 Å². The number of carbonyl (C=O) groups excluding carboxylic acids is 1. The van der Waals surface area contributed by atoms with Crippen molar-refractivity contribution in [1.29, 1.82) is 0 Å². The predicted octanol–water partition coefficient (Wildman–Crippen LogP) is 2.98. The molecule has 0 aromatic carbocycles. The van der Waals surface area contributed by atoms with Crippen molar-refractivity contribution in [3.8, 4) is 0 Å². The van der Waals surface area contributed by atoms with Gasteiger partial charge in [-0.3, -0.25) is 9.69 Å². The van der Waals surface area contributed by atoms with Crippen LogP contribution >= 0.6 is 0 Å². The van der Waals surface area contributed by atoms with Gasteiger partial charge in [0.1, 0.15) is 0 Å². The Labute approximate surface area is 106 Å².